The van der Waals surface area contributed by atoms with E-state index in [1.165, 1.54) is 0 Å². The molecule has 3 nitrogen and oxygen atoms in total. The lowest BCUT2D eigenvalue weighted by Crippen LogP contribution is -2.04. The molecule has 0 spiro atoms. The van der Waals surface area contributed by atoms with Crippen molar-refractivity contribution in [3.63, 3.8) is 0 Å². The molecular weight excluding hydrogens is 270 g/mol. The molecule has 0 saturated carbocycles. The van der Waals surface area contributed by atoms with Crippen LogP contribution in [0.5, 0.6) is 0 Å². The van der Waals surface area contributed by atoms with Crippen molar-refractivity contribution in [2.75, 3.05) is 0 Å². The Kier molecular flexibility index (Phi) is 3.04. The normalized spacial score (nSPS) is 12.9. The van der Waals surface area contributed by atoms with Crippen LogP contribution in [0.2, 0.25) is 0 Å². The predicted molar refractivity (Wildman–Crippen MR) is 88.8 cm³/mol. The molecule has 0 bridgehead atoms. The highest BCUT2D eigenvalue weighted by Gasteiger charge is 2.23. The zero-order valence-corrected chi connectivity index (χ0v) is 12.3. The topological polar surface area (TPSA) is 38.1 Å². The molecule has 0 unspecified atom stereocenters. The molecular formula is C19H15N3. The number of aromatic nitrogens is 2. The van der Waals surface area contributed by atoms with E-state index in [0.717, 1.165) is 39.4 Å². The van der Waals surface area contributed by atoms with Crippen LogP contribution in [0.4, 0.5) is 0 Å². The Balaban J connectivity index is 2.05. The van der Waals surface area contributed by atoms with Gasteiger partial charge >= 0.3 is 0 Å². The lowest BCUT2D eigenvalue weighted by Gasteiger charge is -2.13. The summed E-state index contributed by atoms with van der Waals surface area (Å²) < 4.78 is 0. The molecule has 0 N–H and O–H groups in total. The zero-order chi connectivity index (χ0) is 14.9. The number of hydrogen-bond donors (Lipinski definition) is 0. The maximum atomic E-state index is 4.54. The third-order valence-corrected chi connectivity index (χ3v) is 3.98. The first kappa shape index (κ1) is 12.9. The second-order valence-corrected chi connectivity index (χ2v) is 5.38. The molecule has 106 valence electrons. The van der Waals surface area contributed by atoms with E-state index in [0.29, 0.717) is 6.54 Å². The van der Waals surface area contributed by atoms with Gasteiger partial charge in [-0.2, -0.15) is 5.10 Å². The molecule has 2 heterocycles. The van der Waals surface area contributed by atoms with Crippen LogP contribution in [0.3, 0.4) is 0 Å². The minimum Gasteiger partial charge on any atom is -0.283 e. The van der Waals surface area contributed by atoms with Gasteiger partial charge in [-0.05, 0) is 12.5 Å². The first-order chi connectivity index (χ1) is 10.8. The first-order valence-corrected chi connectivity index (χ1v) is 7.36. The third-order valence-electron chi connectivity index (χ3n) is 3.98. The lowest BCUT2D eigenvalue weighted by atomic mass is 9.93. The van der Waals surface area contributed by atoms with Crippen molar-refractivity contribution in [3.05, 3.63) is 71.9 Å². The molecule has 3 heteroatoms. The van der Waals surface area contributed by atoms with Crippen molar-refractivity contribution >= 4 is 5.71 Å². The smallest absolute Gasteiger partial charge is 0.101 e. The molecule has 1 aliphatic heterocycles. The first-order valence-electron chi connectivity index (χ1n) is 7.36. The molecule has 0 saturated heterocycles. The summed E-state index contributed by atoms with van der Waals surface area (Å²) in [7, 11) is 0. The Morgan fingerprint density at radius 1 is 0.727 bits per heavy atom. The van der Waals surface area contributed by atoms with Crippen LogP contribution >= 0.6 is 0 Å². The standard InChI is InChI=1S/C19H15N3/c1-13-17-16(12-20-13)21-22-19(15-10-6-3-7-11-15)18(17)14-8-4-2-5-9-14/h2-11H,12H2,1H3. The van der Waals surface area contributed by atoms with Gasteiger partial charge in [-0.1, -0.05) is 60.7 Å². The van der Waals surface area contributed by atoms with Crippen molar-refractivity contribution < 1.29 is 0 Å². The number of benzene rings is 2. The van der Waals surface area contributed by atoms with Crippen LogP contribution < -0.4 is 0 Å². The molecule has 0 aliphatic carbocycles. The van der Waals surface area contributed by atoms with Gasteiger partial charge in [-0.25, -0.2) is 0 Å². The van der Waals surface area contributed by atoms with E-state index in [-0.39, 0.29) is 0 Å². The summed E-state index contributed by atoms with van der Waals surface area (Å²) in [6, 6.07) is 20.6. The largest absolute Gasteiger partial charge is 0.283 e. The Morgan fingerprint density at radius 3 is 2.05 bits per heavy atom. The van der Waals surface area contributed by atoms with Gasteiger partial charge < -0.3 is 0 Å². The molecule has 1 aromatic heterocycles. The van der Waals surface area contributed by atoms with Gasteiger partial charge in [0.2, 0.25) is 0 Å². The highest BCUT2D eigenvalue weighted by molar-refractivity contribution is 6.09. The molecule has 2 aromatic carbocycles. The number of nitrogens with zero attached hydrogens (tertiary/aromatic N) is 3. The molecule has 22 heavy (non-hydrogen) atoms. The van der Waals surface area contributed by atoms with Crippen LogP contribution in [0.15, 0.2) is 65.7 Å². The molecule has 3 aromatic rings. The van der Waals surface area contributed by atoms with Crippen molar-refractivity contribution in [2.45, 2.75) is 13.5 Å². The van der Waals surface area contributed by atoms with Crippen LogP contribution in [0.1, 0.15) is 18.2 Å². The van der Waals surface area contributed by atoms with Gasteiger partial charge in [0.15, 0.2) is 0 Å². The highest BCUT2D eigenvalue weighted by atomic mass is 15.1. The van der Waals surface area contributed by atoms with Crippen molar-refractivity contribution in [1.29, 1.82) is 0 Å². The Bertz CT molecular complexity index is 853. The second-order valence-electron chi connectivity index (χ2n) is 5.38. The van der Waals surface area contributed by atoms with E-state index in [1.807, 2.05) is 24.3 Å². The highest BCUT2D eigenvalue weighted by Crippen LogP contribution is 2.36. The van der Waals surface area contributed by atoms with Crippen LogP contribution in [-0.4, -0.2) is 15.9 Å². The summed E-state index contributed by atoms with van der Waals surface area (Å²) in [6.45, 7) is 2.68. The SMILES string of the molecule is CC1=NCc2nnc(-c3ccccc3)c(-c3ccccc3)c21. The number of fused-ring (bicyclic) bond motifs is 1. The summed E-state index contributed by atoms with van der Waals surface area (Å²) in [4.78, 5) is 4.54. The van der Waals surface area contributed by atoms with Crippen LogP contribution in [-0.2, 0) is 6.54 Å². The molecule has 1 aliphatic rings. The quantitative estimate of drug-likeness (QED) is 0.710. The van der Waals surface area contributed by atoms with Crippen LogP contribution in [0.25, 0.3) is 22.4 Å². The summed E-state index contributed by atoms with van der Waals surface area (Å²) in [5.41, 5.74) is 7.44. The minimum absolute atomic E-state index is 0.628. The summed E-state index contributed by atoms with van der Waals surface area (Å²) in [5.74, 6) is 0. The lowest BCUT2D eigenvalue weighted by molar-refractivity contribution is 0.923. The monoisotopic (exact) mass is 285 g/mol. The second kappa shape index (κ2) is 5.19. The van der Waals surface area contributed by atoms with Gasteiger partial charge in [0.25, 0.3) is 0 Å². The Morgan fingerprint density at radius 2 is 1.36 bits per heavy atom. The fourth-order valence-electron chi connectivity index (χ4n) is 2.93. The Hall–Kier alpha value is -2.81. The third kappa shape index (κ3) is 2.02. The fraction of sp³-hybridized carbons (Fsp3) is 0.105. The van der Waals surface area contributed by atoms with Crippen molar-refractivity contribution in [2.24, 2.45) is 4.99 Å². The summed E-state index contributed by atoms with van der Waals surface area (Å²) >= 11 is 0. The number of rotatable bonds is 2. The van der Waals surface area contributed by atoms with Gasteiger partial charge in [-0.15, -0.1) is 5.10 Å². The molecule has 0 atom stereocenters. The van der Waals surface area contributed by atoms with E-state index in [1.54, 1.807) is 0 Å². The number of aliphatic imine (C=N–C) groups is 1. The average molecular weight is 285 g/mol. The maximum absolute atomic E-state index is 4.54. The molecule has 0 amide bonds. The predicted octanol–water partition coefficient (Wildman–Crippen LogP) is 4.13. The van der Waals surface area contributed by atoms with Crippen LogP contribution in [0, 0.1) is 0 Å². The van der Waals surface area contributed by atoms with Gasteiger partial charge in [0.1, 0.15) is 5.69 Å². The maximum Gasteiger partial charge on any atom is 0.101 e. The van der Waals surface area contributed by atoms with E-state index >= 15 is 0 Å². The summed E-state index contributed by atoms with van der Waals surface area (Å²) in [6.07, 6.45) is 0. The fourth-order valence-corrected chi connectivity index (χ4v) is 2.93. The summed E-state index contributed by atoms with van der Waals surface area (Å²) in [5, 5.41) is 8.92. The number of hydrogen-bond acceptors (Lipinski definition) is 3. The van der Waals surface area contributed by atoms with Gasteiger partial charge in [0.05, 0.1) is 12.2 Å². The zero-order valence-electron chi connectivity index (χ0n) is 12.3. The van der Waals surface area contributed by atoms with Gasteiger partial charge in [-0.3, -0.25) is 4.99 Å². The van der Waals surface area contributed by atoms with Crippen molar-refractivity contribution in [3.8, 4) is 22.4 Å². The van der Waals surface area contributed by atoms with Gasteiger partial charge in [0, 0.05) is 22.4 Å². The van der Waals surface area contributed by atoms with E-state index in [9.17, 15) is 0 Å². The van der Waals surface area contributed by atoms with Crippen molar-refractivity contribution in [1.82, 2.24) is 10.2 Å². The molecule has 0 radical (unpaired) electrons. The Labute approximate surface area is 129 Å². The van der Waals surface area contributed by atoms with E-state index in [4.69, 9.17) is 0 Å². The average Bonchev–Trinajstić information content (AvgIpc) is 2.97. The minimum atomic E-state index is 0.628. The molecule has 4 rings (SSSR count). The molecule has 0 fully saturated rings. The van der Waals surface area contributed by atoms with E-state index < -0.39 is 0 Å². The van der Waals surface area contributed by atoms with E-state index in [2.05, 4.69) is 58.5 Å².